The number of nitrogen functional groups attached to an aromatic ring is 1. The van der Waals surface area contributed by atoms with Crippen molar-refractivity contribution in [3.8, 4) is 5.75 Å². The van der Waals surface area contributed by atoms with Crippen molar-refractivity contribution in [2.75, 3.05) is 12.3 Å². The number of hydrogen-bond donors (Lipinski definition) is 4. The van der Waals surface area contributed by atoms with Crippen LogP contribution in [0, 0.1) is 35.0 Å². The van der Waals surface area contributed by atoms with Crippen LogP contribution >= 0.6 is 0 Å². The van der Waals surface area contributed by atoms with Gasteiger partial charge < -0.3 is 25.8 Å². The van der Waals surface area contributed by atoms with Crippen LogP contribution in [0.4, 0.5) is 5.69 Å². The molecule has 8 atom stereocenters. The van der Waals surface area contributed by atoms with Crippen LogP contribution in [0.5, 0.6) is 5.75 Å². The molecular weight excluding hydrogens is 474 g/mol. The number of allylic oxidation sites excluding steroid dienone is 4. The molecule has 8 unspecified atom stereocenters. The molecule has 0 amide bonds. The molecule has 0 bridgehead atoms. The number of anilines is 1. The van der Waals surface area contributed by atoms with Gasteiger partial charge >= 0.3 is 5.97 Å². The van der Waals surface area contributed by atoms with Crippen LogP contribution in [0.3, 0.4) is 0 Å². The number of hydrogen-bond acceptors (Lipinski definition) is 8. The number of phenolic OH excluding ortho intramolecular Hbond substituents is 1. The van der Waals surface area contributed by atoms with Gasteiger partial charge in [-0.25, -0.2) is 4.79 Å². The van der Waals surface area contributed by atoms with Gasteiger partial charge in [-0.3, -0.25) is 9.59 Å². The van der Waals surface area contributed by atoms with Crippen molar-refractivity contribution in [1.29, 1.82) is 0 Å². The number of esters is 1. The van der Waals surface area contributed by atoms with E-state index in [2.05, 4.69) is 0 Å². The van der Waals surface area contributed by atoms with Crippen molar-refractivity contribution in [3.63, 3.8) is 0 Å². The minimum atomic E-state index is -1.77. The molecule has 0 aliphatic heterocycles. The maximum Gasteiger partial charge on any atom is 0.342 e. The Hall–Kier alpha value is -2.97. The molecule has 0 radical (unpaired) electrons. The summed E-state index contributed by atoms with van der Waals surface area (Å²) in [4.78, 5) is 38.0. The molecule has 4 rings (SSSR count). The molecule has 0 spiro atoms. The average Bonchev–Trinajstić information content (AvgIpc) is 3.11. The van der Waals surface area contributed by atoms with Crippen molar-refractivity contribution < 1.29 is 34.4 Å². The number of ketones is 2. The third kappa shape index (κ3) is 4.84. The van der Waals surface area contributed by atoms with Crippen molar-refractivity contribution in [2.45, 2.75) is 58.2 Å². The smallest absolute Gasteiger partial charge is 0.342 e. The van der Waals surface area contributed by atoms with Crippen LogP contribution in [-0.2, 0) is 14.3 Å². The Balaban J connectivity index is 1.57. The molecule has 2 fully saturated rings. The van der Waals surface area contributed by atoms with Crippen molar-refractivity contribution in [1.82, 2.24) is 0 Å². The monoisotopic (exact) mass is 511 g/mol. The molecule has 1 aromatic rings. The number of Topliss-reactive ketones (excluding diaryl/α,β-unsaturated/α-hetero) is 1. The zero-order chi connectivity index (χ0) is 27.1. The second-order valence-corrected chi connectivity index (χ2v) is 11.4. The molecule has 0 heterocycles. The Morgan fingerprint density at radius 1 is 1.19 bits per heavy atom. The number of aliphatic hydroxyl groups is 2. The predicted molar refractivity (Wildman–Crippen MR) is 137 cm³/mol. The van der Waals surface area contributed by atoms with E-state index in [9.17, 15) is 29.7 Å². The summed E-state index contributed by atoms with van der Waals surface area (Å²) in [5.74, 6) is -2.01. The van der Waals surface area contributed by atoms with Gasteiger partial charge in [0.15, 0.2) is 12.4 Å². The summed E-state index contributed by atoms with van der Waals surface area (Å²) in [7, 11) is 0. The highest BCUT2D eigenvalue weighted by molar-refractivity contribution is 5.99. The Kier molecular flexibility index (Phi) is 7.36. The Bertz CT molecular complexity index is 1140. The van der Waals surface area contributed by atoms with E-state index in [1.54, 1.807) is 12.2 Å². The molecular formula is C29H37NO7. The van der Waals surface area contributed by atoms with Crippen molar-refractivity contribution in [3.05, 3.63) is 48.1 Å². The lowest BCUT2D eigenvalue weighted by atomic mass is 9.52. The third-order valence-corrected chi connectivity index (χ3v) is 9.11. The van der Waals surface area contributed by atoms with Gasteiger partial charge in [0, 0.05) is 11.1 Å². The number of fused-ring (bicyclic) bond motifs is 3. The highest BCUT2D eigenvalue weighted by Crippen LogP contribution is 2.63. The first-order valence-electron chi connectivity index (χ1n) is 13.0. The van der Waals surface area contributed by atoms with E-state index in [0.29, 0.717) is 6.42 Å². The van der Waals surface area contributed by atoms with E-state index in [-0.39, 0.29) is 65.2 Å². The van der Waals surface area contributed by atoms with Crippen molar-refractivity contribution >= 4 is 23.2 Å². The van der Waals surface area contributed by atoms with Gasteiger partial charge in [-0.1, -0.05) is 32.9 Å². The summed E-state index contributed by atoms with van der Waals surface area (Å²) >= 11 is 0. The van der Waals surface area contributed by atoms with E-state index in [0.717, 1.165) is 6.42 Å². The largest absolute Gasteiger partial charge is 0.507 e. The topological polar surface area (TPSA) is 147 Å². The molecule has 1 aromatic carbocycles. The fourth-order valence-electron chi connectivity index (χ4n) is 7.17. The summed E-state index contributed by atoms with van der Waals surface area (Å²) in [6.45, 7) is 5.24. The molecule has 200 valence electrons. The quantitative estimate of drug-likeness (QED) is 0.274. The molecule has 0 aromatic heterocycles. The van der Waals surface area contributed by atoms with Gasteiger partial charge in [0.1, 0.15) is 16.9 Å². The van der Waals surface area contributed by atoms with E-state index < -0.39 is 35.5 Å². The van der Waals surface area contributed by atoms with Gasteiger partial charge in [0.25, 0.3) is 0 Å². The van der Waals surface area contributed by atoms with Crippen LogP contribution in [0.25, 0.3) is 0 Å². The van der Waals surface area contributed by atoms with Crippen LogP contribution in [0.2, 0.25) is 0 Å². The van der Waals surface area contributed by atoms with Gasteiger partial charge in [-0.15, -0.1) is 0 Å². The van der Waals surface area contributed by atoms with E-state index in [4.69, 9.17) is 10.5 Å². The number of rotatable bonds is 4. The molecule has 3 aliphatic rings. The minimum Gasteiger partial charge on any atom is -0.507 e. The number of aliphatic hydroxyl groups excluding tert-OH is 1. The van der Waals surface area contributed by atoms with E-state index in [1.807, 2.05) is 32.9 Å². The molecule has 37 heavy (non-hydrogen) atoms. The second kappa shape index (κ2) is 10.1. The number of benzene rings is 1. The maximum atomic E-state index is 13.4. The lowest BCUT2D eigenvalue weighted by Gasteiger charge is -2.54. The van der Waals surface area contributed by atoms with Crippen molar-refractivity contribution in [2.24, 2.45) is 35.0 Å². The SMILES string of the molecule is CC1C=CC(=O)C=CC(C)C2C(O)CC3(C)C(CCC3(O)C(=O)COC(=O)c3cc(N)ccc3O)C2C1. The summed E-state index contributed by atoms with van der Waals surface area (Å²) in [5, 5.41) is 33.1. The van der Waals surface area contributed by atoms with E-state index in [1.165, 1.54) is 18.2 Å². The number of ether oxygens (including phenoxy) is 1. The lowest BCUT2D eigenvalue weighted by Crippen LogP contribution is -2.59. The molecule has 2 saturated carbocycles. The number of carbonyl (C=O) groups is 3. The molecule has 0 saturated heterocycles. The summed E-state index contributed by atoms with van der Waals surface area (Å²) in [6, 6.07) is 3.97. The zero-order valence-electron chi connectivity index (χ0n) is 21.6. The third-order valence-electron chi connectivity index (χ3n) is 9.11. The Morgan fingerprint density at radius 2 is 1.89 bits per heavy atom. The average molecular weight is 512 g/mol. The second-order valence-electron chi connectivity index (χ2n) is 11.4. The minimum absolute atomic E-state index is 0.0230. The normalized spacial score (nSPS) is 37.5. The fraction of sp³-hybridized carbons (Fsp3) is 0.552. The summed E-state index contributed by atoms with van der Waals surface area (Å²) in [5.41, 5.74) is 3.11. The summed E-state index contributed by atoms with van der Waals surface area (Å²) < 4.78 is 5.20. The first-order valence-corrected chi connectivity index (χ1v) is 13.0. The van der Waals surface area contributed by atoms with Crippen LogP contribution in [-0.4, -0.2) is 51.2 Å². The predicted octanol–water partition coefficient (Wildman–Crippen LogP) is 3.20. The highest BCUT2D eigenvalue weighted by atomic mass is 16.5. The molecule has 3 aliphatic carbocycles. The van der Waals surface area contributed by atoms with Crippen LogP contribution in [0.1, 0.15) is 56.8 Å². The van der Waals surface area contributed by atoms with Gasteiger partial charge in [-0.2, -0.15) is 0 Å². The standard InChI is InChI=1S/C29H37NO7/c1-16-4-7-19(31)8-5-17(2)26-20(12-16)22-10-11-29(36,28(22,3)14-24(26)33)25(34)15-37-27(35)21-13-18(30)6-9-23(21)32/h4-9,13,16-17,20,22,24,26,32-33,36H,10-12,14-15,30H2,1-3H3. The van der Waals surface area contributed by atoms with Gasteiger partial charge in [0.05, 0.1) is 6.10 Å². The first kappa shape index (κ1) is 27.1. The highest BCUT2D eigenvalue weighted by Gasteiger charge is 2.66. The van der Waals surface area contributed by atoms with Gasteiger partial charge in [-0.05, 0) is 85.6 Å². The number of aromatic hydroxyl groups is 1. The number of nitrogens with two attached hydrogens (primary N) is 1. The van der Waals surface area contributed by atoms with Gasteiger partial charge in [0.2, 0.25) is 5.78 Å². The Labute approximate surface area is 217 Å². The molecule has 8 heteroatoms. The number of phenols is 1. The summed E-state index contributed by atoms with van der Waals surface area (Å²) in [6.07, 6.45) is 7.84. The maximum absolute atomic E-state index is 13.4. The molecule has 5 N–H and O–H groups in total. The molecule has 8 nitrogen and oxygen atoms in total. The fourth-order valence-corrected chi connectivity index (χ4v) is 7.17. The van der Waals surface area contributed by atoms with Crippen LogP contribution in [0.15, 0.2) is 42.5 Å². The Morgan fingerprint density at radius 3 is 2.62 bits per heavy atom. The lowest BCUT2D eigenvalue weighted by molar-refractivity contribution is -0.173. The zero-order valence-corrected chi connectivity index (χ0v) is 21.6. The van der Waals surface area contributed by atoms with Crippen LogP contribution < -0.4 is 5.73 Å². The number of carbonyl (C=O) groups excluding carboxylic acids is 3. The van der Waals surface area contributed by atoms with E-state index >= 15 is 0 Å². The first-order chi connectivity index (χ1) is 17.4.